The summed E-state index contributed by atoms with van der Waals surface area (Å²) in [4.78, 5) is 24.3. The quantitative estimate of drug-likeness (QED) is 0.135. The molecule has 35 heavy (non-hydrogen) atoms. The van der Waals surface area contributed by atoms with Gasteiger partial charge in [0.15, 0.2) is 6.61 Å². The van der Waals surface area contributed by atoms with Gasteiger partial charge in [0, 0.05) is 0 Å². The number of esters is 1. The maximum absolute atomic E-state index is 12.4. The number of aryl methyl sites for hydroxylation is 2. The van der Waals surface area contributed by atoms with Gasteiger partial charge in [-0.1, -0.05) is 19.4 Å². The lowest BCUT2D eigenvalue weighted by Gasteiger charge is -2.07. The second-order valence-electron chi connectivity index (χ2n) is 8.01. The van der Waals surface area contributed by atoms with Crippen LogP contribution in [0.4, 0.5) is 0 Å². The number of benzene rings is 3. The molecule has 3 rings (SSSR count). The smallest absolute Gasteiger partial charge is 0.343 e. The van der Waals surface area contributed by atoms with Gasteiger partial charge in [-0.15, -0.1) is 0 Å². The summed E-state index contributed by atoms with van der Waals surface area (Å²) in [6.07, 6.45) is 3.54. The largest absolute Gasteiger partial charge is 0.494 e. The van der Waals surface area contributed by atoms with E-state index in [2.05, 4.69) is 17.5 Å². The van der Waals surface area contributed by atoms with E-state index in [1.165, 1.54) is 6.21 Å². The van der Waals surface area contributed by atoms with Crippen LogP contribution < -0.4 is 19.6 Å². The highest BCUT2D eigenvalue weighted by atomic mass is 16.5. The molecule has 3 aromatic rings. The number of hydrogen-bond donors (Lipinski definition) is 1. The normalized spacial score (nSPS) is 10.7. The Balaban J connectivity index is 1.43. The van der Waals surface area contributed by atoms with E-state index in [-0.39, 0.29) is 12.5 Å². The molecule has 0 radical (unpaired) electrons. The maximum Gasteiger partial charge on any atom is 0.343 e. The molecule has 0 spiro atoms. The van der Waals surface area contributed by atoms with Crippen molar-refractivity contribution in [2.45, 2.75) is 33.6 Å². The Morgan fingerprint density at radius 2 is 1.54 bits per heavy atom. The first-order valence-electron chi connectivity index (χ1n) is 11.5. The number of hydrazone groups is 1. The van der Waals surface area contributed by atoms with Crippen molar-refractivity contribution >= 4 is 18.1 Å². The molecule has 0 aliphatic rings. The topological polar surface area (TPSA) is 86.2 Å². The first-order chi connectivity index (χ1) is 16.9. The molecule has 0 saturated carbocycles. The number of carbonyl (C=O) groups is 2. The maximum atomic E-state index is 12.4. The van der Waals surface area contributed by atoms with Crippen LogP contribution in [0.25, 0.3) is 0 Å². The van der Waals surface area contributed by atoms with Crippen molar-refractivity contribution in [3.05, 3.63) is 89.0 Å². The van der Waals surface area contributed by atoms with Crippen LogP contribution in [0.1, 0.15) is 46.8 Å². The number of hydrogen-bond acceptors (Lipinski definition) is 6. The van der Waals surface area contributed by atoms with E-state index in [1.54, 1.807) is 48.5 Å². The monoisotopic (exact) mass is 474 g/mol. The van der Waals surface area contributed by atoms with Crippen LogP contribution in [0, 0.1) is 13.8 Å². The van der Waals surface area contributed by atoms with E-state index in [9.17, 15) is 9.59 Å². The summed E-state index contributed by atoms with van der Waals surface area (Å²) in [5.74, 6) is 0.937. The van der Waals surface area contributed by atoms with Crippen molar-refractivity contribution in [3.63, 3.8) is 0 Å². The van der Waals surface area contributed by atoms with Crippen LogP contribution in [0.3, 0.4) is 0 Å². The fraction of sp³-hybridized carbons (Fsp3) is 0.250. The molecule has 7 heteroatoms. The van der Waals surface area contributed by atoms with E-state index < -0.39 is 5.97 Å². The third-order valence-electron chi connectivity index (χ3n) is 5.20. The van der Waals surface area contributed by atoms with Crippen molar-refractivity contribution in [2.75, 3.05) is 13.2 Å². The molecule has 0 aromatic heterocycles. The van der Waals surface area contributed by atoms with E-state index in [0.717, 1.165) is 35.3 Å². The second kappa shape index (κ2) is 12.9. The lowest BCUT2D eigenvalue weighted by Crippen LogP contribution is -2.24. The summed E-state index contributed by atoms with van der Waals surface area (Å²) in [6, 6.07) is 19.3. The fourth-order valence-electron chi connectivity index (χ4n) is 2.97. The number of unbranched alkanes of at least 4 members (excludes halogenated alkanes) is 1. The summed E-state index contributed by atoms with van der Waals surface area (Å²) in [5, 5.41) is 3.93. The molecule has 182 valence electrons. The van der Waals surface area contributed by atoms with Crippen molar-refractivity contribution in [2.24, 2.45) is 5.10 Å². The molecule has 7 nitrogen and oxygen atoms in total. The third kappa shape index (κ3) is 8.30. The second-order valence-corrected chi connectivity index (χ2v) is 8.01. The zero-order valence-corrected chi connectivity index (χ0v) is 20.2. The molecule has 0 atom stereocenters. The first kappa shape index (κ1) is 25.5. The van der Waals surface area contributed by atoms with Gasteiger partial charge in [0.2, 0.25) is 0 Å². The lowest BCUT2D eigenvalue weighted by molar-refractivity contribution is -0.123. The third-order valence-corrected chi connectivity index (χ3v) is 5.20. The van der Waals surface area contributed by atoms with Gasteiger partial charge >= 0.3 is 5.97 Å². The molecule has 0 aliphatic carbocycles. The Morgan fingerprint density at radius 3 is 2.23 bits per heavy atom. The number of ether oxygens (including phenoxy) is 3. The van der Waals surface area contributed by atoms with E-state index >= 15 is 0 Å². The van der Waals surface area contributed by atoms with Gasteiger partial charge in [0.1, 0.15) is 17.2 Å². The zero-order chi connectivity index (χ0) is 25.0. The van der Waals surface area contributed by atoms with E-state index in [1.807, 2.05) is 32.0 Å². The Bertz CT molecular complexity index is 1150. The fourth-order valence-corrected chi connectivity index (χ4v) is 2.97. The van der Waals surface area contributed by atoms with Gasteiger partial charge in [-0.05, 0) is 97.6 Å². The molecular formula is C28H30N2O5. The van der Waals surface area contributed by atoms with Gasteiger partial charge in [-0.2, -0.15) is 5.10 Å². The molecule has 0 bridgehead atoms. The first-order valence-corrected chi connectivity index (χ1v) is 11.5. The molecule has 0 unspecified atom stereocenters. The lowest BCUT2D eigenvalue weighted by atomic mass is 10.1. The average molecular weight is 475 g/mol. The van der Waals surface area contributed by atoms with Crippen molar-refractivity contribution in [1.29, 1.82) is 0 Å². The predicted octanol–water partition coefficient (Wildman–Crippen LogP) is 5.23. The van der Waals surface area contributed by atoms with Gasteiger partial charge in [-0.3, -0.25) is 4.79 Å². The highest BCUT2D eigenvalue weighted by Gasteiger charge is 2.09. The zero-order valence-electron chi connectivity index (χ0n) is 20.2. The van der Waals surface area contributed by atoms with E-state index in [0.29, 0.717) is 23.7 Å². The number of rotatable bonds is 11. The molecule has 0 saturated heterocycles. The summed E-state index contributed by atoms with van der Waals surface area (Å²) < 4.78 is 16.5. The number of nitrogens with zero attached hydrogens (tertiary/aromatic N) is 1. The molecule has 0 aliphatic heterocycles. The van der Waals surface area contributed by atoms with Crippen molar-refractivity contribution < 1.29 is 23.8 Å². The minimum absolute atomic E-state index is 0.138. The van der Waals surface area contributed by atoms with Crippen molar-refractivity contribution in [3.8, 4) is 17.2 Å². The molecule has 1 N–H and O–H groups in total. The van der Waals surface area contributed by atoms with Gasteiger partial charge in [0.05, 0.1) is 18.4 Å². The van der Waals surface area contributed by atoms with Gasteiger partial charge in [0.25, 0.3) is 5.91 Å². The average Bonchev–Trinajstić information content (AvgIpc) is 2.86. The standard InChI is InChI=1S/C28H30N2O5/c1-4-5-16-33-24-14-9-23(10-15-24)28(32)35-25-12-7-22(8-13-25)18-29-30-27(31)19-34-26-11-6-20(2)21(3)17-26/h6-15,17-18H,4-5,16,19H2,1-3H3,(H,30,31). The van der Waals surface area contributed by atoms with Crippen LogP contribution in [0.5, 0.6) is 17.2 Å². The Kier molecular flexibility index (Phi) is 9.42. The number of amides is 1. The van der Waals surface area contributed by atoms with Gasteiger partial charge in [-0.25, -0.2) is 10.2 Å². The summed E-state index contributed by atoms with van der Waals surface area (Å²) in [7, 11) is 0. The summed E-state index contributed by atoms with van der Waals surface area (Å²) in [6.45, 7) is 6.62. The molecule has 0 fully saturated rings. The van der Waals surface area contributed by atoms with Crippen LogP contribution in [-0.2, 0) is 4.79 Å². The Morgan fingerprint density at radius 1 is 0.857 bits per heavy atom. The van der Waals surface area contributed by atoms with E-state index in [4.69, 9.17) is 14.2 Å². The minimum atomic E-state index is -0.456. The van der Waals surface area contributed by atoms with Crippen LogP contribution in [0.15, 0.2) is 71.8 Å². The Hall–Kier alpha value is -4.13. The summed E-state index contributed by atoms with van der Waals surface area (Å²) >= 11 is 0. The van der Waals surface area contributed by atoms with Crippen LogP contribution in [-0.4, -0.2) is 31.3 Å². The van der Waals surface area contributed by atoms with Gasteiger partial charge < -0.3 is 14.2 Å². The minimum Gasteiger partial charge on any atom is -0.494 e. The highest BCUT2D eigenvalue weighted by Crippen LogP contribution is 2.17. The Labute approximate surface area is 205 Å². The van der Waals surface area contributed by atoms with Crippen LogP contribution in [0.2, 0.25) is 0 Å². The number of carbonyl (C=O) groups excluding carboxylic acids is 2. The molecular weight excluding hydrogens is 444 g/mol. The molecule has 0 heterocycles. The highest BCUT2D eigenvalue weighted by molar-refractivity contribution is 5.91. The molecule has 1 amide bonds. The SMILES string of the molecule is CCCCOc1ccc(C(=O)Oc2ccc(C=NNC(=O)COc3ccc(C)c(C)c3)cc2)cc1. The summed E-state index contributed by atoms with van der Waals surface area (Å²) in [5.41, 5.74) is 5.85. The van der Waals surface area contributed by atoms with Crippen molar-refractivity contribution in [1.82, 2.24) is 5.43 Å². The number of nitrogens with one attached hydrogen (secondary N) is 1. The predicted molar refractivity (Wildman–Crippen MR) is 135 cm³/mol. The molecule has 3 aromatic carbocycles. The van der Waals surface area contributed by atoms with Crippen LogP contribution >= 0.6 is 0 Å².